The average molecular weight is 442 g/mol. The molecule has 1 aliphatic heterocycles. The van der Waals surface area contributed by atoms with Gasteiger partial charge >= 0.3 is 12.1 Å². The van der Waals surface area contributed by atoms with Crippen molar-refractivity contribution in [1.82, 2.24) is 9.47 Å². The van der Waals surface area contributed by atoms with Gasteiger partial charge in [0, 0.05) is 42.6 Å². The molecule has 0 atom stereocenters. The fraction of sp³-hybridized carbons (Fsp3) is 0.333. The Balaban J connectivity index is 2.37. The van der Waals surface area contributed by atoms with Crippen LogP contribution in [-0.2, 0) is 10.7 Å². The molecule has 0 spiro atoms. The van der Waals surface area contributed by atoms with Crippen molar-refractivity contribution in [3.8, 4) is 5.75 Å². The summed E-state index contributed by atoms with van der Waals surface area (Å²) in [7, 11) is 1.46. The minimum absolute atomic E-state index is 0.0370. The van der Waals surface area contributed by atoms with Gasteiger partial charge in [0.05, 0.1) is 5.70 Å². The number of hydrogen-bond donors (Lipinski definition) is 0. The first-order chi connectivity index (χ1) is 14.3. The van der Waals surface area contributed by atoms with E-state index in [0.29, 0.717) is 24.1 Å². The fourth-order valence-corrected chi connectivity index (χ4v) is 3.39. The normalized spacial score (nSPS) is 15.9. The van der Waals surface area contributed by atoms with Crippen molar-refractivity contribution in [2.75, 3.05) is 13.6 Å². The van der Waals surface area contributed by atoms with Gasteiger partial charge in [-0.2, -0.15) is 22.0 Å². The van der Waals surface area contributed by atoms with E-state index in [0.717, 1.165) is 10.6 Å². The summed E-state index contributed by atoms with van der Waals surface area (Å²) in [5, 5.41) is 0. The van der Waals surface area contributed by atoms with Crippen molar-refractivity contribution in [3.05, 3.63) is 69.6 Å². The van der Waals surface area contributed by atoms with E-state index in [1.165, 1.54) is 36.3 Å². The highest BCUT2D eigenvalue weighted by Gasteiger charge is 2.59. The lowest BCUT2D eigenvalue weighted by Gasteiger charge is -2.38. The maximum Gasteiger partial charge on any atom is 0.458 e. The first kappa shape index (κ1) is 22.5. The van der Waals surface area contributed by atoms with Crippen LogP contribution in [0.25, 0.3) is 5.70 Å². The molecule has 5 nitrogen and oxygen atoms in total. The molecule has 166 valence electrons. The standard InChI is InChI=1S/C21H19F5N2O3/c1-19(2)15(11-27(3)12-29)18(28-9-5-4-6-17(28)30)14-10-13(7-8-16(14)31-19)20(22,23)21(24,25)26/h4-10,12H,11H2,1-3H3. The number of hydrogen-bond acceptors (Lipinski definition) is 3. The topological polar surface area (TPSA) is 51.5 Å². The zero-order chi connectivity index (χ0) is 23.2. The molecular weight excluding hydrogens is 423 g/mol. The van der Waals surface area contributed by atoms with Crippen LogP contribution in [0.5, 0.6) is 5.75 Å². The quantitative estimate of drug-likeness (QED) is 0.519. The van der Waals surface area contributed by atoms with Gasteiger partial charge in [-0.1, -0.05) is 6.07 Å². The number of ether oxygens (including phenoxy) is 1. The number of rotatable bonds is 5. The lowest BCUT2D eigenvalue weighted by atomic mass is 9.87. The van der Waals surface area contributed by atoms with Crippen LogP contribution in [0.3, 0.4) is 0 Å². The maximum absolute atomic E-state index is 14.1. The number of halogens is 5. The first-order valence-electron chi connectivity index (χ1n) is 9.15. The molecule has 2 aromatic rings. The van der Waals surface area contributed by atoms with Crippen LogP contribution in [0.1, 0.15) is 25.0 Å². The zero-order valence-corrected chi connectivity index (χ0v) is 16.8. The van der Waals surface area contributed by atoms with Crippen molar-refractivity contribution in [2.45, 2.75) is 31.5 Å². The lowest BCUT2D eigenvalue weighted by Crippen LogP contribution is -2.41. The van der Waals surface area contributed by atoms with Crippen molar-refractivity contribution >= 4 is 12.1 Å². The molecule has 0 radical (unpaired) electrons. The van der Waals surface area contributed by atoms with Gasteiger partial charge in [-0.15, -0.1) is 0 Å². The Morgan fingerprint density at radius 3 is 2.39 bits per heavy atom. The van der Waals surface area contributed by atoms with Gasteiger partial charge in [-0.05, 0) is 38.1 Å². The number of fused-ring (bicyclic) bond motifs is 1. The highest BCUT2D eigenvalue weighted by Crippen LogP contribution is 2.47. The Kier molecular flexibility index (Phi) is 5.45. The van der Waals surface area contributed by atoms with E-state index in [1.807, 2.05) is 0 Å². The molecule has 1 amide bonds. The summed E-state index contributed by atoms with van der Waals surface area (Å²) in [5.41, 5.74) is -2.57. The molecule has 0 saturated heterocycles. The summed E-state index contributed by atoms with van der Waals surface area (Å²) in [5.74, 6) is -5.07. The summed E-state index contributed by atoms with van der Waals surface area (Å²) < 4.78 is 74.0. The number of alkyl halides is 5. The van der Waals surface area contributed by atoms with E-state index in [-0.39, 0.29) is 23.6 Å². The Morgan fingerprint density at radius 1 is 1.13 bits per heavy atom. The van der Waals surface area contributed by atoms with Crippen LogP contribution in [-0.4, -0.2) is 41.2 Å². The second-order valence-corrected chi connectivity index (χ2v) is 7.65. The van der Waals surface area contributed by atoms with Crippen LogP contribution in [0.4, 0.5) is 22.0 Å². The van der Waals surface area contributed by atoms with E-state index < -0.39 is 28.8 Å². The molecule has 1 aromatic carbocycles. The SMILES string of the molecule is CN(C=O)CC1=C(n2ccccc2=O)c2cc(C(F)(F)C(F)(F)F)ccc2OC1(C)C. The van der Waals surface area contributed by atoms with Crippen molar-refractivity contribution in [3.63, 3.8) is 0 Å². The molecule has 3 rings (SSSR count). The number of carbonyl (C=O) groups excluding carboxylic acids is 1. The Hall–Kier alpha value is -3.17. The van der Waals surface area contributed by atoms with Crippen LogP contribution in [0.15, 0.2) is 53.0 Å². The predicted octanol–water partition coefficient (Wildman–Crippen LogP) is 4.02. The van der Waals surface area contributed by atoms with Crippen molar-refractivity contribution in [1.29, 1.82) is 0 Å². The molecule has 1 aromatic heterocycles. The number of likely N-dealkylation sites (N-methyl/N-ethyl adjacent to an activating group) is 1. The van der Waals surface area contributed by atoms with Gasteiger partial charge in [-0.3, -0.25) is 14.2 Å². The third-order valence-electron chi connectivity index (χ3n) is 4.98. The summed E-state index contributed by atoms with van der Waals surface area (Å²) in [6, 6.07) is 6.57. The zero-order valence-electron chi connectivity index (χ0n) is 16.8. The molecule has 10 heteroatoms. The molecular formula is C21H19F5N2O3. The molecule has 0 bridgehead atoms. The molecule has 0 saturated carbocycles. The van der Waals surface area contributed by atoms with Crippen LogP contribution in [0.2, 0.25) is 0 Å². The number of aromatic nitrogens is 1. The molecule has 0 unspecified atom stereocenters. The number of benzene rings is 1. The average Bonchev–Trinajstić information content (AvgIpc) is 2.67. The summed E-state index contributed by atoms with van der Waals surface area (Å²) in [6.07, 6.45) is -3.90. The van der Waals surface area contributed by atoms with Gasteiger partial charge in [-0.25, -0.2) is 0 Å². The van der Waals surface area contributed by atoms with Gasteiger partial charge in [0.15, 0.2) is 0 Å². The maximum atomic E-state index is 14.1. The second kappa shape index (κ2) is 7.51. The summed E-state index contributed by atoms with van der Waals surface area (Å²) >= 11 is 0. The molecule has 2 heterocycles. The highest BCUT2D eigenvalue weighted by molar-refractivity contribution is 5.78. The van der Waals surface area contributed by atoms with Crippen molar-refractivity contribution in [2.24, 2.45) is 0 Å². The van der Waals surface area contributed by atoms with Crippen LogP contribution >= 0.6 is 0 Å². The third kappa shape index (κ3) is 3.94. The van der Waals surface area contributed by atoms with Crippen LogP contribution in [0, 0.1) is 0 Å². The smallest absolute Gasteiger partial charge is 0.458 e. The van der Waals surface area contributed by atoms with Crippen LogP contribution < -0.4 is 10.3 Å². The van der Waals surface area contributed by atoms with Gasteiger partial charge in [0.25, 0.3) is 5.56 Å². The Morgan fingerprint density at radius 2 is 1.81 bits per heavy atom. The highest BCUT2D eigenvalue weighted by atomic mass is 19.4. The summed E-state index contributed by atoms with van der Waals surface area (Å²) in [6.45, 7) is 3.25. The predicted molar refractivity (Wildman–Crippen MR) is 103 cm³/mol. The molecule has 0 N–H and O–H groups in total. The van der Waals surface area contributed by atoms with Gasteiger partial charge in [0.1, 0.15) is 11.4 Å². The second-order valence-electron chi connectivity index (χ2n) is 7.65. The van der Waals surface area contributed by atoms with E-state index in [1.54, 1.807) is 13.8 Å². The number of amides is 1. The molecule has 31 heavy (non-hydrogen) atoms. The van der Waals surface area contributed by atoms with Gasteiger partial charge in [0.2, 0.25) is 6.41 Å². The Bertz CT molecular complexity index is 1100. The first-order valence-corrected chi connectivity index (χ1v) is 9.15. The third-order valence-corrected chi connectivity index (χ3v) is 4.98. The monoisotopic (exact) mass is 442 g/mol. The van der Waals surface area contributed by atoms with Gasteiger partial charge < -0.3 is 9.64 Å². The Labute approximate surface area is 174 Å². The van der Waals surface area contributed by atoms with E-state index in [2.05, 4.69) is 0 Å². The fourth-order valence-electron chi connectivity index (χ4n) is 3.39. The molecule has 1 aliphatic rings. The lowest BCUT2D eigenvalue weighted by molar-refractivity contribution is -0.289. The largest absolute Gasteiger partial charge is 0.483 e. The van der Waals surface area contributed by atoms with Crippen molar-refractivity contribution < 1.29 is 31.5 Å². The molecule has 0 aliphatic carbocycles. The number of pyridine rings is 1. The number of carbonyl (C=O) groups is 1. The van der Waals surface area contributed by atoms with E-state index in [9.17, 15) is 31.5 Å². The minimum Gasteiger partial charge on any atom is -0.483 e. The number of nitrogens with zero attached hydrogens (tertiary/aromatic N) is 2. The van der Waals surface area contributed by atoms with E-state index in [4.69, 9.17) is 4.74 Å². The van der Waals surface area contributed by atoms with E-state index >= 15 is 0 Å². The summed E-state index contributed by atoms with van der Waals surface area (Å²) in [4.78, 5) is 25.0. The minimum atomic E-state index is -5.80. The molecule has 0 fully saturated rings.